The van der Waals surface area contributed by atoms with Gasteiger partial charge in [-0.1, -0.05) is 0 Å². The molecule has 99 valence electrons. The molecule has 1 rings (SSSR count). The fourth-order valence-electron chi connectivity index (χ4n) is 1.28. The van der Waals surface area contributed by atoms with Gasteiger partial charge in [0.05, 0.1) is 11.4 Å². The lowest BCUT2D eigenvalue weighted by Gasteiger charge is -2.19. The lowest BCUT2D eigenvalue weighted by Crippen LogP contribution is -2.33. The Hall–Kier alpha value is -1.65. The van der Waals surface area contributed by atoms with Crippen LogP contribution in [-0.2, 0) is 11.2 Å². The van der Waals surface area contributed by atoms with Crippen LogP contribution in [0.25, 0.3) is 0 Å². The molecular weight excluding hydrogens is 230 g/mol. The molecule has 1 aromatic rings. The molecule has 0 aliphatic rings. The summed E-state index contributed by atoms with van der Waals surface area (Å²) < 4.78 is 5.12. The van der Waals surface area contributed by atoms with Crippen LogP contribution in [0, 0.1) is 6.92 Å². The average Bonchev–Trinajstić information content (AvgIpc) is 2.24. The normalized spacial score (nSPS) is 11.1. The smallest absolute Gasteiger partial charge is 0.407 e. The van der Waals surface area contributed by atoms with Crippen molar-refractivity contribution in [3.8, 4) is 0 Å². The highest BCUT2D eigenvalue weighted by Gasteiger charge is 2.15. The summed E-state index contributed by atoms with van der Waals surface area (Å²) in [5, 5.41) is 2.70. The fourth-order valence-corrected chi connectivity index (χ4v) is 1.28. The number of nitrogens with zero attached hydrogens (tertiary/aromatic N) is 2. The van der Waals surface area contributed by atoms with Crippen LogP contribution >= 0.6 is 0 Å². The van der Waals surface area contributed by atoms with Crippen LogP contribution in [0.1, 0.15) is 38.6 Å². The van der Waals surface area contributed by atoms with Gasteiger partial charge in [-0.2, -0.15) is 0 Å². The quantitative estimate of drug-likeness (QED) is 0.831. The van der Waals surface area contributed by atoms with Gasteiger partial charge < -0.3 is 10.1 Å². The molecule has 0 aromatic carbocycles. The van der Waals surface area contributed by atoms with Gasteiger partial charge in [0, 0.05) is 18.9 Å². The van der Waals surface area contributed by atoms with Crippen molar-refractivity contribution in [1.82, 2.24) is 15.3 Å². The molecule has 0 spiro atoms. The van der Waals surface area contributed by atoms with E-state index in [1.54, 1.807) is 12.4 Å². The second-order valence-corrected chi connectivity index (χ2v) is 5.03. The topological polar surface area (TPSA) is 64.1 Å². The summed E-state index contributed by atoms with van der Waals surface area (Å²) in [4.78, 5) is 19.6. The molecule has 1 heterocycles. The first-order chi connectivity index (χ1) is 8.37. The van der Waals surface area contributed by atoms with E-state index in [1.165, 1.54) is 0 Å². The molecule has 1 radical (unpaired) electrons. The van der Waals surface area contributed by atoms with E-state index in [4.69, 9.17) is 4.74 Å². The van der Waals surface area contributed by atoms with Crippen molar-refractivity contribution in [2.24, 2.45) is 0 Å². The minimum absolute atomic E-state index is 0.387. The molecule has 0 aliphatic heterocycles. The van der Waals surface area contributed by atoms with Gasteiger partial charge in [0.15, 0.2) is 0 Å². The Labute approximate surface area is 108 Å². The maximum Gasteiger partial charge on any atom is 0.407 e. The summed E-state index contributed by atoms with van der Waals surface area (Å²) >= 11 is 0. The van der Waals surface area contributed by atoms with E-state index < -0.39 is 5.60 Å². The monoisotopic (exact) mass is 250 g/mol. The number of aromatic nitrogens is 2. The van der Waals surface area contributed by atoms with Crippen molar-refractivity contribution in [2.45, 2.75) is 39.2 Å². The zero-order valence-electron chi connectivity index (χ0n) is 11.2. The number of nitrogens with one attached hydrogen (secondary N) is 1. The average molecular weight is 250 g/mol. The van der Waals surface area contributed by atoms with Crippen LogP contribution in [0.5, 0.6) is 0 Å². The van der Waals surface area contributed by atoms with Crippen LogP contribution in [0.2, 0.25) is 0 Å². The van der Waals surface area contributed by atoms with E-state index in [2.05, 4.69) is 22.2 Å². The number of carbonyl (C=O) groups is 1. The SMILES string of the molecule is [CH2]c1cnc(CCCNC(=O)OC(C)(C)C)cn1. The van der Waals surface area contributed by atoms with Gasteiger partial charge >= 0.3 is 6.09 Å². The summed E-state index contributed by atoms with van der Waals surface area (Å²) in [6.45, 7) is 9.73. The minimum atomic E-state index is -0.459. The minimum Gasteiger partial charge on any atom is -0.444 e. The zero-order chi connectivity index (χ0) is 13.6. The third kappa shape index (κ3) is 6.18. The van der Waals surface area contributed by atoms with Crippen LogP contribution < -0.4 is 5.32 Å². The van der Waals surface area contributed by atoms with Crippen molar-refractivity contribution >= 4 is 6.09 Å². The third-order valence-electron chi connectivity index (χ3n) is 2.04. The molecule has 0 aliphatic carbocycles. The van der Waals surface area contributed by atoms with E-state index in [0.29, 0.717) is 12.2 Å². The van der Waals surface area contributed by atoms with E-state index >= 15 is 0 Å². The predicted molar refractivity (Wildman–Crippen MR) is 69.0 cm³/mol. The first-order valence-corrected chi connectivity index (χ1v) is 5.96. The van der Waals surface area contributed by atoms with E-state index in [0.717, 1.165) is 18.5 Å². The fraction of sp³-hybridized carbons (Fsp3) is 0.538. The van der Waals surface area contributed by atoms with E-state index in [1.807, 2.05) is 20.8 Å². The molecule has 1 amide bonds. The molecule has 0 fully saturated rings. The number of hydrogen-bond acceptors (Lipinski definition) is 4. The maximum absolute atomic E-state index is 11.3. The highest BCUT2D eigenvalue weighted by atomic mass is 16.6. The molecule has 0 saturated heterocycles. The lowest BCUT2D eigenvalue weighted by atomic mass is 10.2. The largest absolute Gasteiger partial charge is 0.444 e. The van der Waals surface area contributed by atoms with E-state index in [9.17, 15) is 4.79 Å². The Balaban J connectivity index is 2.19. The van der Waals surface area contributed by atoms with Gasteiger partial charge in [0.25, 0.3) is 0 Å². The van der Waals surface area contributed by atoms with Crippen LogP contribution in [-0.4, -0.2) is 28.2 Å². The number of carbonyl (C=O) groups excluding carboxylic acids is 1. The second-order valence-electron chi connectivity index (χ2n) is 5.03. The first-order valence-electron chi connectivity index (χ1n) is 5.96. The number of amides is 1. The standard InChI is InChI=1S/C13H20N3O2/c1-10-8-16-11(9-15-10)6-5-7-14-12(17)18-13(2,3)4/h8-9H,1,5-7H2,2-4H3,(H,14,17). The molecule has 18 heavy (non-hydrogen) atoms. The van der Waals surface area contributed by atoms with Gasteiger partial charge in [-0.25, -0.2) is 4.79 Å². The van der Waals surface area contributed by atoms with Gasteiger partial charge in [-0.05, 0) is 40.5 Å². The molecule has 0 bridgehead atoms. The summed E-state index contributed by atoms with van der Waals surface area (Å²) in [6.07, 6.45) is 4.52. The lowest BCUT2D eigenvalue weighted by molar-refractivity contribution is 0.0527. The molecule has 1 aromatic heterocycles. The Kier molecular flexibility index (Phi) is 5.07. The summed E-state index contributed by atoms with van der Waals surface area (Å²) in [5.41, 5.74) is 1.10. The zero-order valence-corrected chi connectivity index (χ0v) is 11.2. The first kappa shape index (κ1) is 14.4. The van der Waals surface area contributed by atoms with E-state index in [-0.39, 0.29) is 6.09 Å². The van der Waals surface area contributed by atoms with Crippen LogP contribution in [0.3, 0.4) is 0 Å². The van der Waals surface area contributed by atoms with Crippen molar-refractivity contribution < 1.29 is 9.53 Å². The number of alkyl carbamates (subject to hydrolysis) is 1. The summed E-state index contributed by atoms with van der Waals surface area (Å²) in [5.74, 6) is 0. The number of rotatable bonds is 4. The van der Waals surface area contributed by atoms with Crippen molar-refractivity contribution in [3.63, 3.8) is 0 Å². The Bertz CT molecular complexity index is 382. The van der Waals surface area contributed by atoms with Gasteiger partial charge in [-0.3, -0.25) is 9.97 Å². The Morgan fingerprint density at radius 2 is 2.11 bits per heavy atom. The maximum atomic E-state index is 11.3. The van der Waals surface area contributed by atoms with Gasteiger partial charge in [0.1, 0.15) is 5.60 Å². The predicted octanol–water partition coefficient (Wildman–Crippen LogP) is 2.12. The molecule has 0 unspecified atom stereocenters. The van der Waals surface area contributed by atoms with Crippen molar-refractivity contribution in [2.75, 3.05) is 6.54 Å². The Morgan fingerprint density at radius 1 is 1.39 bits per heavy atom. The molecule has 5 heteroatoms. The molecule has 0 atom stereocenters. The number of aryl methyl sites for hydroxylation is 1. The van der Waals surface area contributed by atoms with Gasteiger partial charge in [-0.15, -0.1) is 0 Å². The van der Waals surface area contributed by atoms with Gasteiger partial charge in [0.2, 0.25) is 0 Å². The molecule has 5 nitrogen and oxygen atoms in total. The summed E-state index contributed by atoms with van der Waals surface area (Å²) in [7, 11) is 0. The molecule has 0 saturated carbocycles. The highest BCUT2D eigenvalue weighted by Crippen LogP contribution is 2.06. The second kappa shape index (κ2) is 6.33. The third-order valence-corrected chi connectivity index (χ3v) is 2.04. The summed E-state index contributed by atoms with van der Waals surface area (Å²) in [6, 6.07) is 0. The van der Waals surface area contributed by atoms with Crippen LogP contribution in [0.4, 0.5) is 4.79 Å². The van der Waals surface area contributed by atoms with Crippen molar-refractivity contribution in [1.29, 1.82) is 0 Å². The number of ether oxygens (including phenoxy) is 1. The number of hydrogen-bond donors (Lipinski definition) is 1. The molecular formula is C13H20N3O2. The Morgan fingerprint density at radius 3 is 2.67 bits per heavy atom. The van der Waals surface area contributed by atoms with Crippen molar-refractivity contribution in [3.05, 3.63) is 30.7 Å². The molecule has 1 N–H and O–H groups in total. The highest BCUT2D eigenvalue weighted by molar-refractivity contribution is 5.67. The van der Waals surface area contributed by atoms with Crippen LogP contribution in [0.15, 0.2) is 12.4 Å².